The van der Waals surface area contributed by atoms with Gasteiger partial charge >= 0.3 is 0 Å². The molecule has 0 aliphatic carbocycles. The van der Waals surface area contributed by atoms with Crippen LogP contribution in [-0.2, 0) is 4.79 Å². The molecule has 2 aliphatic heterocycles. The zero-order valence-electron chi connectivity index (χ0n) is 10.1. The number of carbonyl (C=O) groups is 1. The molecule has 3 nitrogen and oxygen atoms in total. The van der Waals surface area contributed by atoms with Gasteiger partial charge in [-0.15, -0.1) is 0 Å². The lowest BCUT2D eigenvalue weighted by Gasteiger charge is -2.33. The van der Waals surface area contributed by atoms with Crippen LogP contribution in [0.2, 0.25) is 0 Å². The monoisotopic (exact) mass is 242 g/mol. The summed E-state index contributed by atoms with van der Waals surface area (Å²) in [6, 6.07) is 0.458. The highest BCUT2D eigenvalue weighted by atomic mass is 32.2. The van der Waals surface area contributed by atoms with Crippen molar-refractivity contribution >= 4 is 17.7 Å². The van der Waals surface area contributed by atoms with Crippen molar-refractivity contribution in [1.29, 1.82) is 0 Å². The average molecular weight is 242 g/mol. The molecular weight excluding hydrogens is 220 g/mol. The van der Waals surface area contributed by atoms with Gasteiger partial charge in [0.05, 0.1) is 0 Å². The second-order valence-corrected chi connectivity index (χ2v) is 6.18. The van der Waals surface area contributed by atoms with E-state index in [9.17, 15) is 4.79 Å². The minimum absolute atomic E-state index is 0.380. The Labute approximate surface area is 102 Å². The van der Waals surface area contributed by atoms with Crippen LogP contribution in [0.1, 0.15) is 26.2 Å². The molecule has 2 saturated heterocycles. The van der Waals surface area contributed by atoms with Crippen LogP contribution in [0, 0.1) is 5.92 Å². The highest BCUT2D eigenvalue weighted by Gasteiger charge is 2.24. The Morgan fingerprint density at radius 3 is 2.88 bits per heavy atom. The van der Waals surface area contributed by atoms with Crippen molar-refractivity contribution in [2.75, 3.05) is 31.1 Å². The summed E-state index contributed by atoms with van der Waals surface area (Å²) in [4.78, 5) is 14.1. The van der Waals surface area contributed by atoms with E-state index >= 15 is 0 Å². The van der Waals surface area contributed by atoms with Gasteiger partial charge in [-0.1, -0.05) is 0 Å². The van der Waals surface area contributed by atoms with E-state index in [1.165, 1.54) is 24.3 Å². The molecule has 92 valence electrons. The number of carbonyl (C=O) groups excluding carboxylic acids is 1. The third kappa shape index (κ3) is 3.39. The lowest BCUT2D eigenvalue weighted by atomic mass is 9.98. The largest absolute Gasteiger partial charge is 0.340 e. The molecule has 16 heavy (non-hydrogen) atoms. The van der Waals surface area contributed by atoms with E-state index in [4.69, 9.17) is 0 Å². The minimum Gasteiger partial charge on any atom is -0.340 e. The van der Waals surface area contributed by atoms with Gasteiger partial charge in [-0.05, 0) is 37.2 Å². The summed E-state index contributed by atoms with van der Waals surface area (Å²) in [5.41, 5.74) is 0. The molecular formula is C12H22N2OS. The zero-order valence-corrected chi connectivity index (χ0v) is 10.9. The Bertz CT molecular complexity index is 241. The van der Waals surface area contributed by atoms with Crippen LogP contribution in [0.15, 0.2) is 0 Å². The van der Waals surface area contributed by atoms with E-state index in [0.29, 0.717) is 17.9 Å². The van der Waals surface area contributed by atoms with Gasteiger partial charge in [-0.2, -0.15) is 11.8 Å². The van der Waals surface area contributed by atoms with Gasteiger partial charge in [-0.3, -0.25) is 4.79 Å². The molecule has 0 aromatic rings. The van der Waals surface area contributed by atoms with Crippen molar-refractivity contribution in [3.05, 3.63) is 0 Å². The average Bonchev–Trinajstić information content (AvgIpc) is 2.30. The Balaban J connectivity index is 1.77. The molecule has 0 saturated carbocycles. The Morgan fingerprint density at radius 2 is 2.19 bits per heavy atom. The number of hydrogen-bond donors (Lipinski definition) is 1. The molecule has 0 aromatic carbocycles. The fraction of sp³-hybridized carbons (Fsp3) is 0.917. The van der Waals surface area contributed by atoms with Crippen molar-refractivity contribution < 1.29 is 4.79 Å². The number of rotatable bonds is 2. The molecule has 1 N–H and O–H groups in total. The zero-order chi connectivity index (χ0) is 11.4. The fourth-order valence-corrected chi connectivity index (χ4v) is 3.69. The number of thioether (sulfide) groups is 1. The van der Waals surface area contributed by atoms with Crippen molar-refractivity contribution in [2.45, 2.75) is 32.2 Å². The van der Waals surface area contributed by atoms with Crippen LogP contribution < -0.4 is 5.32 Å². The molecule has 0 spiro atoms. The summed E-state index contributed by atoms with van der Waals surface area (Å²) < 4.78 is 0. The van der Waals surface area contributed by atoms with Crippen molar-refractivity contribution in [2.24, 2.45) is 5.92 Å². The molecule has 2 fully saturated rings. The molecule has 0 aromatic heterocycles. The maximum Gasteiger partial charge on any atom is 0.222 e. The maximum absolute atomic E-state index is 12.1. The molecule has 1 amide bonds. The van der Waals surface area contributed by atoms with Gasteiger partial charge in [0.1, 0.15) is 0 Å². The Kier molecular flexibility index (Phi) is 4.53. The summed E-state index contributed by atoms with van der Waals surface area (Å²) >= 11 is 2.03. The standard InChI is InChI=1S/C12H22N2OS/c1-10-9-14(5-4-13-10)12(15)8-11-2-6-16-7-3-11/h10-11,13H,2-9H2,1H3/t10-/m0/s1. The first-order valence-corrected chi connectivity index (χ1v) is 7.50. The van der Waals surface area contributed by atoms with E-state index in [-0.39, 0.29) is 0 Å². The SMILES string of the molecule is C[C@H]1CN(C(=O)CC2CCSCC2)CCN1. The van der Waals surface area contributed by atoms with E-state index < -0.39 is 0 Å². The lowest BCUT2D eigenvalue weighted by Crippen LogP contribution is -2.51. The number of nitrogens with one attached hydrogen (secondary N) is 1. The Hall–Kier alpha value is -0.220. The fourth-order valence-electron chi connectivity index (χ4n) is 2.49. The lowest BCUT2D eigenvalue weighted by molar-refractivity contribution is -0.133. The van der Waals surface area contributed by atoms with Gasteiger partial charge in [0.25, 0.3) is 0 Å². The van der Waals surface area contributed by atoms with Crippen LogP contribution >= 0.6 is 11.8 Å². The highest BCUT2D eigenvalue weighted by molar-refractivity contribution is 7.99. The van der Waals surface area contributed by atoms with E-state index in [1.54, 1.807) is 0 Å². The van der Waals surface area contributed by atoms with Crippen molar-refractivity contribution in [3.63, 3.8) is 0 Å². The quantitative estimate of drug-likeness (QED) is 0.793. The van der Waals surface area contributed by atoms with E-state index in [1.807, 2.05) is 16.7 Å². The summed E-state index contributed by atoms with van der Waals surface area (Å²) in [6.45, 7) is 4.88. The third-order valence-corrected chi connectivity index (χ3v) is 4.57. The Morgan fingerprint density at radius 1 is 1.44 bits per heavy atom. The first-order chi connectivity index (χ1) is 7.75. The van der Waals surface area contributed by atoms with E-state index in [2.05, 4.69) is 12.2 Å². The smallest absolute Gasteiger partial charge is 0.222 e. The van der Waals surface area contributed by atoms with Crippen LogP contribution in [-0.4, -0.2) is 48.0 Å². The maximum atomic E-state index is 12.1. The molecule has 0 radical (unpaired) electrons. The second-order valence-electron chi connectivity index (χ2n) is 4.95. The summed E-state index contributed by atoms with van der Waals surface area (Å²) in [7, 11) is 0. The van der Waals surface area contributed by atoms with Gasteiger partial charge in [0.15, 0.2) is 0 Å². The number of nitrogens with zero attached hydrogens (tertiary/aromatic N) is 1. The number of piperazine rings is 1. The van der Waals surface area contributed by atoms with E-state index in [0.717, 1.165) is 26.1 Å². The molecule has 0 bridgehead atoms. The highest BCUT2D eigenvalue weighted by Crippen LogP contribution is 2.25. The summed E-state index contributed by atoms with van der Waals surface area (Å²) in [5.74, 6) is 3.52. The van der Waals surface area contributed by atoms with Gasteiger partial charge in [0, 0.05) is 32.1 Å². The first kappa shape index (κ1) is 12.2. The van der Waals surface area contributed by atoms with Crippen LogP contribution in [0.25, 0.3) is 0 Å². The van der Waals surface area contributed by atoms with Crippen molar-refractivity contribution in [1.82, 2.24) is 10.2 Å². The predicted octanol–water partition coefficient (Wildman–Crippen LogP) is 1.34. The molecule has 1 atom stereocenters. The topological polar surface area (TPSA) is 32.3 Å². The summed E-state index contributed by atoms with van der Waals surface area (Å²) in [6.07, 6.45) is 3.25. The first-order valence-electron chi connectivity index (χ1n) is 6.34. The molecule has 2 aliphatic rings. The van der Waals surface area contributed by atoms with Gasteiger partial charge < -0.3 is 10.2 Å². The van der Waals surface area contributed by atoms with Crippen LogP contribution in [0.5, 0.6) is 0 Å². The normalized spacial score (nSPS) is 28.1. The van der Waals surface area contributed by atoms with Gasteiger partial charge in [0.2, 0.25) is 5.91 Å². The molecule has 2 heterocycles. The second kappa shape index (κ2) is 5.92. The third-order valence-electron chi connectivity index (χ3n) is 3.53. The number of hydrogen-bond acceptors (Lipinski definition) is 3. The molecule has 2 rings (SSSR count). The molecule has 4 heteroatoms. The molecule has 0 unspecified atom stereocenters. The van der Waals surface area contributed by atoms with Gasteiger partial charge in [-0.25, -0.2) is 0 Å². The predicted molar refractivity (Wildman–Crippen MR) is 68.7 cm³/mol. The van der Waals surface area contributed by atoms with Crippen LogP contribution in [0.4, 0.5) is 0 Å². The van der Waals surface area contributed by atoms with Crippen LogP contribution in [0.3, 0.4) is 0 Å². The number of amides is 1. The summed E-state index contributed by atoms with van der Waals surface area (Å²) in [5, 5.41) is 3.37. The van der Waals surface area contributed by atoms with Crippen molar-refractivity contribution in [3.8, 4) is 0 Å². The minimum atomic E-state index is 0.380.